The molecule has 1 atom stereocenters. The predicted molar refractivity (Wildman–Crippen MR) is 93.7 cm³/mol. The van der Waals surface area contributed by atoms with Crippen molar-refractivity contribution in [2.75, 3.05) is 13.1 Å². The van der Waals surface area contributed by atoms with Gasteiger partial charge in [0.05, 0.1) is 11.5 Å². The van der Waals surface area contributed by atoms with E-state index in [0.29, 0.717) is 28.5 Å². The molecule has 0 heterocycles. The second-order valence-corrected chi connectivity index (χ2v) is 5.99. The average Bonchev–Trinajstić information content (AvgIpc) is 2.46. The van der Waals surface area contributed by atoms with E-state index < -0.39 is 11.5 Å². The van der Waals surface area contributed by atoms with Gasteiger partial charge in [-0.15, -0.1) is 12.4 Å². The van der Waals surface area contributed by atoms with Gasteiger partial charge < -0.3 is 16.2 Å². The number of halogens is 3. The Morgan fingerprint density at radius 3 is 2.18 bits per heavy atom. The van der Waals surface area contributed by atoms with Gasteiger partial charge in [-0.3, -0.25) is 4.79 Å². The van der Waals surface area contributed by atoms with Crippen molar-refractivity contribution < 1.29 is 9.90 Å². The normalized spacial score (nSPS) is 12.5. The van der Waals surface area contributed by atoms with Crippen LogP contribution in [0.4, 0.5) is 0 Å². The molecule has 22 heavy (non-hydrogen) atoms. The van der Waals surface area contributed by atoms with Gasteiger partial charge in [-0.25, -0.2) is 0 Å². The summed E-state index contributed by atoms with van der Waals surface area (Å²) in [6.45, 7) is 4.24. The van der Waals surface area contributed by atoms with Gasteiger partial charge in [0.2, 0.25) is 5.91 Å². The minimum absolute atomic E-state index is 0. The molecule has 0 saturated heterocycles. The van der Waals surface area contributed by atoms with Crippen molar-refractivity contribution >= 4 is 41.5 Å². The quantitative estimate of drug-likeness (QED) is 0.690. The third kappa shape index (κ3) is 5.28. The topological polar surface area (TPSA) is 75.4 Å². The molecule has 1 aromatic carbocycles. The highest BCUT2D eigenvalue weighted by Crippen LogP contribution is 2.26. The lowest BCUT2D eigenvalue weighted by molar-refractivity contribution is -0.131. The summed E-state index contributed by atoms with van der Waals surface area (Å²) < 4.78 is 0. The molecule has 7 heteroatoms. The zero-order chi connectivity index (χ0) is 16.0. The Labute approximate surface area is 147 Å². The third-order valence-electron chi connectivity index (χ3n) is 3.95. The number of hydrogen-bond donors (Lipinski definition) is 3. The summed E-state index contributed by atoms with van der Waals surface area (Å²) >= 11 is 11.8. The monoisotopic (exact) mass is 368 g/mol. The molecule has 0 bridgehead atoms. The molecule has 0 fully saturated rings. The lowest BCUT2D eigenvalue weighted by Gasteiger charge is -2.29. The van der Waals surface area contributed by atoms with Gasteiger partial charge in [-0.05, 0) is 36.6 Å². The number of carbonyl (C=O) groups is 1. The molecular weight excluding hydrogens is 347 g/mol. The predicted octanol–water partition coefficient (Wildman–Crippen LogP) is 3.33. The Hall–Kier alpha value is -0.520. The smallest absolute Gasteiger partial charge is 0.227 e. The van der Waals surface area contributed by atoms with Crippen LogP contribution in [0.2, 0.25) is 10.0 Å². The lowest BCUT2D eigenvalue weighted by Crippen LogP contribution is -2.46. The van der Waals surface area contributed by atoms with Gasteiger partial charge in [0, 0.05) is 23.1 Å². The van der Waals surface area contributed by atoms with Crippen molar-refractivity contribution in [2.45, 2.75) is 32.8 Å². The van der Waals surface area contributed by atoms with E-state index in [2.05, 4.69) is 5.32 Å². The van der Waals surface area contributed by atoms with Crippen molar-refractivity contribution in [1.29, 1.82) is 0 Å². The van der Waals surface area contributed by atoms with Crippen molar-refractivity contribution in [3.05, 3.63) is 33.8 Å². The van der Waals surface area contributed by atoms with E-state index in [1.54, 1.807) is 18.2 Å². The van der Waals surface area contributed by atoms with Gasteiger partial charge in [-0.1, -0.05) is 37.0 Å². The largest absolute Gasteiger partial charge is 0.387 e. The van der Waals surface area contributed by atoms with Crippen LogP contribution in [0.15, 0.2) is 18.2 Å². The Balaban J connectivity index is 0.00000441. The Morgan fingerprint density at radius 2 is 1.77 bits per heavy atom. The first-order valence-corrected chi connectivity index (χ1v) is 7.76. The van der Waals surface area contributed by atoms with Crippen LogP contribution >= 0.6 is 35.6 Å². The molecule has 126 valence electrons. The highest BCUT2D eigenvalue weighted by atomic mass is 35.5. The van der Waals surface area contributed by atoms with Crippen LogP contribution < -0.4 is 11.1 Å². The summed E-state index contributed by atoms with van der Waals surface area (Å²) in [6, 6.07) is 4.84. The fraction of sp³-hybridized carbons (Fsp3) is 0.533. The van der Waals surface area contributed by atoms with E-state index in [9.17, 15) is 9.90 Å². The number of aliphatic hydroxyl groups excluding tert-OH is 1. The van der Waals surface area contributed by atoms with Crippen LogP contribution in [-0.2, 0) is 4.79 Å². The van der Waals surface area contributed by atoms with E-state index in [0.717, 1.165) is 0 Å². The summed E-state index contributed by atoms with van der Waals surface area (Å²) in [6.07, 6.45) is 0.449. The number of benzene rings is 1. The molecule has 1 rings (SSSR count). The molecule has 4 nitrogen and oxygen atoms in total. The first kappa shape index (κ1) is 21.5. The first-order valence-electron chi connectivity index (χ1n) is 7.01. The molecule has 0 aliphatic carbocycles. The Morgan fingerprint density at radius 1 is 1.27 bits per heavy atom. The summed E-state index contributed by atoms with van der Waals surface area (Å²) in [5.74, 6) is -0.137. The van der Waals surface area contributed by atoms with Crippen molar-refractivity contribution in [3.63, 3.8) is 0 Å². The van der Waals surface area contributed by atoms with E-state index in [-0.39, 0.29) is 31.4 Å². The fourth-order valence-electron chi connectivity index (χ4n) is 2.21. The van der Waals surface area contributed by atoms with Gasteiger partial charge in [0.1, 0.15) is 0 Å². The Bertz CT molecular complexity index is 465. The highest BCUT2D eigenvalue weighted by Gasteiger charge is 2.33. The number of aliphatic hydroxyl groups is 1. The Kier molecular flexibility index (Phi) is 9.35. The van der Waals surface area contributed by atoms with Crippen LogP contribution in [0.3, 0.4) is 0 Å². The van der Waals surface area contributed by atoms with Crippen LogP contribution in [0.25, 0.3) is 0 Å². The molecule has 0 aromatic heterocycles. The minimum atomic E-state index is -0.866. The van der Waals surface area contributed by atoms with E-state index in [4.69, 9.17) is 28.9 Å². The van der Waals surface area contributed by atoms with Crippen molar-refractivity contribution in [1.82, 2.24) is 5.32 Å². The number of rotatable bonds is 7. The maximum Gasteiger partial charge on any atom is 0.227 e. The highest BCUT2D eigenvalue weighted by molar-refractivity contribution is 6.34. The zero-order valence-corrected chi connectivity index (χ0v) is 15.1. The van der Waals surface area contributed by atoms with Gasteiger partial charge >= 0.3 is 0 Å². The first-order chi connectivity index (χ1) is 9.88. The fourth-order valence-corrected chi connectivity index (χ4v) is 2.76. The summed E-state index contributed by atoms with van der Waals surface area (Å²) in [5, 5.41) is 13.8. The number of nitrogens with two attached hydrogens (primary N) is 1. The molecule has 0 saturated carbocycles. The standard InChI is InChI=1S/C15H22Cl2N2O2.ClH/c1-3-15(4-2,9-18)14(21)19-8-13(20)10-5-11(16)7-12(17)6-10;/h5-7,13,20H,3-4,8-9,18H2,1-2H3,(H,19,21);1H. The summed E-state index contributed by atoms with van der Waals surface area (Å²) in [4.78, 5) is 12.3. The minimum Gasteiger partial charge on any atom is -0.387 e. The van der Waals surface area contributed by atoms with Crippen LogP contribution in [0.1, 0.15) is 38.4 Å². The average molecular weight is 370 g/mol. The number of amides is 1. The third-order valence-corrected chi connectivity index (χ3v) is 4.39. The molecular formula is C15H23Cl3N2O2. The van der Waals surface area contributed by atoms with E-state index >= 15 is 0 Å². The summed E-state index contributed by atoms with van der Waals surface area (Å²) in [5.41, 5.74) is 5.72. The van der Waals surface area contributed by atoms with Gasteiger partial charge in [0.25, 0.3) is 0 Å². The maximum atomic E-state index is 12.3. The van der Waals surface area contributed by atoms with E-state index in [1.807, 2.05) is 13.8 Å². The molecule has 0 radical (unpaired) electrons. The second-order valence-electron chi connectivity index (χ2n) is 5.12. The van der Waals surface area contributed by atoms with Gasteiger partial charge in [-0.2, -0.15) is 0 Å². The maximum absolute atomic E-state index is 12.3. The van der Waals surface area contributed by atoms with Crippen LogP contribution in [0.5, 0.6) is 0 Å². The van der Waals surface area contributed by atoms with Crippen molar-refractivity contribution in [3.8, 4) is 0 Å². The van der Waals surface area contributed by atoms with E-state index in [1.165, 1.54) is 0 Å². The molecule has 1 aromatic rings. The number of hydrogen-bond acceptors (Lipinski definition) is 3. The van der Waals surface area contributed by atoms with Crippen LogP contribution in [-0.4, -0.2) is 24.1 Å². The summed E-state index contributed by atoms with van der Waals surface area (Å²) in [7, 11) is 0. The second kappa shape index (κ2) is 9.58. The van der Waals surface area contributed by atoms with Crippen LogP contribution in [0, 0.1) is 5.41 Å². The molecule has 1 unspecified atom stereocenters. The zero-order valence-electron chi connectivity index (χ0n) is 12.7. The lowest BCUT2D eigenvalue weighted by atomic mass is 9.81. The molecule has 0 spiro atoms. The van der Waals surface area contributed by atoms with Crippen molar-refractivity contribution in [2.24, 2.45) is 11.1 Å². The SMILES string of the molecule is CCC(CC)(CN)C(=O)NCC(O)c1cc(Cl)cc(Cl)c1.Cl. The number of nitrogens with one attached hydrogen (secondary N) is 1. The molecule has 0 aliphatic rings. The number of carbonyl (C=O) groups excluding carboxylic acids is 1. The molecule has 0 aliphatic heterocycles. The van der Waals surface area contributed by atoms with Gasteiger partial charge in [0.15, 0.2) is 0 Å². The molecule has 4 N–H and O–H groups in total. The molecule has 1 amide bonds.